The van der Waals surface area contributed by atoms with Crippen LogP contribution in [0.25, 0.3) is 0 Å². The standard InChI is InChI=1S/C20H38S/c1-19(2,3)15-11-13-16(14-12-15)21-18-10-8-7-9-17(18)20(4,5)6/h15-18H,7-14H2,1-6H3. The lowest BCUT2D eigenvalue weighted by molar-refractivity contribution is 0.177. The van der Waals surface area contributed by atoms with Crippen LogP contribution in [0.5, 0.6) is 0 Å². The minimum Gasteiger partial charge on any atom is -0.155 e. The van der Waals surface area contributed by atoms with Gasteiger partial charge in [0.05, 0.1) is 0 Å². The molecule has 2 aliphatic rings. The Morgan fingerprint density at radius 1 is 0.667 bits per heavy atom. The van der Waals surface area contributed by atoms with Crippen LogP contribution in [0.3, 0.4) is 0 Å². The van der Waals surface area contributed by atoms with Crippen molar-refractivity contribution in [1.29, 1.82) is 0 Å². The first kappa shape index (κ1) is 17.7. The van der Waals surface area contributed by atoms with Crippen LogP contribution in [0, 0.1) is 22.7 Å². The van der Waals surface area contributed by atoms with Crippen molar-refractivity contribution in [2.75, 3.05) is 0 Å². The topological polar surface area (TPSA) is 0 Å². The first-order chi connectivity index (χ1) is 9.68. The summed E-state index contributed by atoms with van der Waals surface area (Å²) in [7, 11) is 0. The van der Waals surface area contributed by atoms with Crippen LogP contribution in [0.2, 0.25) is 0 Å². The average Bonchev–Trinajstić information content (AvgIpc) is 2.37. The van der Waals surface area contributed by atoms with E-state index in [1.807, 2.05) is 0 Å². The van der Waals surface area contributed by atoms with Gasteiger partial charge in [0.1, 0.15) is 0 Å². The third-order valence-corrected chi connectivity index (χ3v) is 7.85. The molecule has 1 heteroatoms. The Morgan fingerprint density at radius 2 is 1.24 bits per heavy atom. The Morgan fingerprint density at radius 3 is 1.76 bits per heavy atom. The van der Waals surface area contributed by atoms with E-state index in [9.17, 15) is 0 Å². The molecule has 0 spiro atoms. The number of rotatable bonds is 2. The summed E-state index contributed by atoms with van der Waals surface area (Å²) in [6, 6.07) is 0. The number of hydrogen-bond acceptors (Lipinski definition) is 1. The van der Waals surface area contributed by atoms with E-state index in [2.05, 4.69) is 53.3 Å². The van der Waals surface area contributed by atoms with Crippen LogP contribution >= 0.6 is 11.8 Å². The lowest BCUT2D eigenvalue weighted by atomic mass is 9.72. The zero-order valence-corrected chi connectivity index (χ0v) is 16.2. The summed E-state index contributed by atoms with van der Waals surface area (Å²) in [5, 5.41) is 1.89. The maximum atomic E-state index is 2.47. The highest BCUT2D eigenvalue weighted by Gasteiger charge is 2.37. The molecule has 0 nitrogen and oxygen atoms in total. The molecule has 2 fully saturated rings. The second-order valence-corrected chi connectivity index (χ2v) is 11.3. The first-order valence-electron chi connectivity index (χ1n) is 9.33. The largest absolute Gasteiger partial charge is 0.155 e. The highest BCUT2D eigenvalue weighted by Crippen LogP contribution is 2.48. The van der Waals surface area contributed by atoms with Crippen molar-refractivity contribution in [3.05, 3.63) is 0 Å². The highest BCUT2D eigenvalue weighted by molar-refractivity contribution is 8.00. The molecule has 0 aromatic carbocycles. The van der Waals surface area contributed by atoms with Gasteiger partial charge >= 0.3 is 0 Å². The highest BCUT2D eigenvalue weighted by atomic mass is 32.2. The fourth-order valence-electron chi connectivity index (χ4n) is 4.56. The van der Waals surface area contributed by atoms with Crippen LogP contribution in [-0.2, 0) is 0 Å². The third kappa shape index (κ3) is 4.91. The Hall–Kier alpha value is 0.350. The fourth-order valence-corrected chi connectivity index (χ4v) is 6.64. The van der Waals surface area contributed by atoms with E-state index in [0.717, 1.165) is 22.3 Å². The van der Waals surface area contributed by atoms with Crippen molar-refractivity contribution in [1.82, 2.24) is 0 Å². The van der Waals surface area contributed by atoms with Crippen molar-refractivity contribution in [3.8, 4) is 0 Å². The molecule has 2 atom stereocenters. The van der Waals surface area contributed by atoms with Gasteiger partial charge in [0.2, 0.25) is 0 Å². The van der Waals surface area contributed by atoms with Gasteiger partial charge in [-0.2, -0.15) is 11.8 Å². The summed E-state index contributed by atoms with van der Waals surface area (Å²) in [6.45, 7) is 14.7. The molecule has 2 aliphatic carbocycles. The van der Waals surface area contributed by atoms with E-state index in [1.165, 1.54) is 51.4 Å². The predicted molar refractivity (Wildman–Crippen MR) is 98.0 cm³/mol. The van der Waals surface area contributed by atoms with Crippen molar-refractivity contribution >= 4 is 11.8 Å². The van der Waals surface area contributed by atoms with E-state index in [1.54, 1.807) is 0 Å². The minimum absolute atomic E-state index is 0.501. The molecule has 0 saturated heterocycles. The first-order valence-corrected chi connectivity index (χ1v) is 10.3. The summed E-state index contributed by atoms with van der Waals surface area (Å²) in [6.07, 6.45) is 11.8. The molecule has 2 rings (SSSR count). The van der Waals surface area contributed by atoms with Gasteiger partial charge in [-0.05, 0) is 61.2 Å². The van der Waals surface area contributed by atoms with Crippen LogP contribution in [0.15, 0.2) is 0 Å². The third-order valence-electron chi connectivity index (χ3n) is 6.08. The minimum atomic E-state index is 0.501. The molecule has 2 saturated carbocycles. The van der Waals surface area contributed by atoms with E-state index in [0.29, 0.717) is 10.8 Å². The van der Waals surface area contributed by atoms with E-state index in [4.69, 9.17) is 0 Å². The van der Waals surface area contributed by atoms with Crippen molar-refractivity contribution < 1.29 is 0 Å². The second-order valence-electron chi connectivity index (χ2n) is 9.77. The molecule has 21 heavy (non-hydrogen) atoms. The molecule has 0 aliphatic heterocycles. The van der Waals surface area contributed by atoms with Crippen LogP contribution in [0.4, 0.5) is 0 Å². The van der Waals surface area contributed by atoms with Gasteiger partial charge in [0.25, 0.3) is 0 Å². The van der Waals surface area contributed by atoms with Crippen molar-refractivity contribution in [3.63, 3.8) is 0 Å². The number of hydrogen-bond donors (Lipinski definition) is 0. The summed E-state index contributed by atoms with van der Waals surface area (Å²) < 4.78 is 0. The van der Waals surface area contributed by atoms with Gasteiger partial charge in [-0.3, -0.25) is 0 Å². The lowest BCUT2D eigenvalue weighted by Crippen LogP contribution is -2.35. The maximum absolute atomic E-state index is 2.47. The fraction of sp³-hybridized carbons (Fsp3) is 1.00. The normalized spacial score (nSPS) is 35.7. The van der Waals surface area contributed by atoms with Gasteiger partial charge in [-0.25, -0.2) is 0 Å². The molecular formula is C20H38S. The Labute approximate surface area is 138 Å². The molecule has 0 N–H and O–H groups in total. The monoisotopic (exact) mass is 310 g/mol. The SMILES string of the molecule is CC(C)(C)C1CCC(SC2CCCCC2C(C)(C)C)CC1. The van der Waals surface area contributed by atoms with Gasteiger partial charge in [0.15, 0.2) is 0 Å². The predicted octanol–water partition coefficient (Wildman–Crippen LogP) is 6.93. The molecule has 0 bridgehead atoms. The van der Waals surface area contributed by atoms with Crippen molar-refractivity contribution in [2.24, 2.45) is 22.7 Å². The average molecular weight is 311 g/mol. The van der Waals surface area contributed by atoms with Crippen LogP contribution in [-0.4, -0.2) is 10.5 Å². The number of thioether (sulfide) groups is 1. The van der Waals surface area contributed by atoms with Crippen LogP contribution < -0.4 is 0 Å². The smallest absolute Gasteiger partial charge is 0.00830 e. The molecule has 124 valence electrons. The lowest BCUT2D eigenvalue weighted by Gasteiger charge is -2.43. The summed E-state index contributed by atoms with van der Waals surface area (Å²) in [5.74, 6) is 1.90. The van der Waals surface area contributed by atoms with Gasteiger partial charge in [-0.15, -0.1) is 0 Å². The second kappa shape index (κ2) is 6.85. The molecule has 0 heterocycles. The Bertz CT molecular complexity index is 312. The summed E-state index contributed by atoms with van der Waals surface area (Å²) in [4.78, 5) is 0. The molecule has 0 radical (unpaired) electrons. The zero-order valence-electron chi connectivity index (χ0n) is 15.4. The molecular weight excluding hydrogens is 272 g/mol. The summed E-state index contributed by atoms with van der Waals surface area (Å²) in [5.41, 5.74) is 1.02. The van der Waals surface area contributed by atoms with Gasteiger partial charge in [0, 0.05) is 10.5 Å². The molecule has 0 aromatic heterocycles. The maximum Gasteiger partial charge on any atom is 0.00830 e. The van der Waals surface area contributed by atoms with Crippen LogP contribution in [0.1, 0.15) is 92.9 Å². The molecule has 0 aromatic rings. The molecule has 2 unspecified atom stereocenters. The van der Waals surface area contributed by atoms with E-state index >= 15 is 0 Å². The Balaban J connectivity index is 1.87. The molecule has 0 amide bonds. The summed E-state index contributed by atoms with van der Waals surface area (Å²) >= 11 is 2.39. The van der Waals surface area contributed by atoms with Gasteiger partial charge < -0.3 is 0 Å². The van der Waals surface area contributed by atoms with Crippen molar-refractivity contribution in [2.45, 2.75) is 103 Å². The quantitative estimate of drug-likeness (QED) is 0.533. The Kier molecular flexibility index (Phi) is 5.77. The van der Waals surface area contributed by atoms with E-state index < -0.39 is 0 Å². The van der Waals surface area contributed by atoms with E-state index in [-0.39, 0.29) is 0 Å². The zero-order chi connectivity index (χ0) is 15.7. The van der Waals surface area contributed by atoms with Gasteiger partial charge in [-0.1, -0.05) is 54.4 Å².